The fraction of sp³-hybridized carbons (Fsp3) is 0.524. The highest BCUT2D eigenvalue weighted by molar-refractivity contribution is 5.72. The van der Waals surface area contributed by atoms with E-state index < -0.39 is 0 Å². The predicted molar refractivity (Wildman–Crippen MR) is 104 cm³/mol. The van der Waals surface area contributed by atoms with E-state index in [-0.39, 0.29) is 5.91 Å². The zero-order valence-corrected chi connectivity index (χ0v) is 16.1. The first-order valence-electron chi connectivity index (χ1n) is 9.87. The zero-order valence-electron chi connectivity index (χ0n) is 16.1. The number of piperidine rings is 1. The molecular formula is C21H28N4O2. The monoisotopic (exact) mass is 368 g/mol. The van der Waals surface area contributed by atoms with Crippen molar-refractivity contribution in [3.63, 3.8) is 0 Å². The highest BCUT2D eigenvalue weighted by Crippen LogP contribution is 2.33. The summed E-state index contributed by atoms with van der Waals surface area (Å²) in [6.07, 6.45) is 7.14. The van der Waals surface area contributed by atoms with Gasteiger partial charge in [-0.3, -0.25) is 14.4 Å². The normalized spacial score (nSPS) is 18.7. The van der Waals surface area contributed by atoms with E-state index in [0.717, 1.165) is 50.3 Å². The number of fused-ring (bicyclic) bond motifs is 1. The van der Waals surface area contributed by atoms with Crippen LogP contribution in [0.15, 0.2) is 30.6 Å². The summed E-state index contributed by atoms with van der Waals surface area (Å²) in [7, 11) is 0. The molecule has 6 nitrogen and oxygen atoms in total. The van der Waals surface area contributed by atoms with Crippen LogP contribution < -0.4 is 10.1 Å². The van der Waals surface area contributed by atoms with Crippen molar-refractivity contribution < 1.29 is 9.53 Å². The van der Waals surface area contributed by atoms with E-state index in [9.17, 15) is 4.79 Å². The number of hydrogen-bond donors (Lipinski definition) is 1. The lowest BCUT2D eigenvalue weighted by Gasteiger charge is -2.36. The number of benzene rings is 1. The van der Waals surface area contributed by atoms with Crippen LogP contribution in [0.2, 0.25) is 0 Å². The van der Waals surface area contributed by atoms with Crippen molar-refractivity contribution in [1.29, 1.82) is 0 Å². The molecule has 1 fully saturated rings. The van der Waals surface area contributed by atoms with Gasteiger partial charge in [0.1, 0.15) is 5.75 Å². The van der Waals surface area contributed by atoms with E-state index in [4.69, 9.17) is 4.74 Å². The highest BCUT2D eigenvalue weighted by Gasteiger charge is 2.26. The molecule has 2 aliphatic rings. The van der Waals surface area contributed by atoms with Crippen LogP contribution in [0, 0.1) is 0 Å². The summed E-state index contributed by atoms with van der Waals surface area (Å²) in [5.74, 6) is 1.06. The van der Waals surface area contributed by atoms with Gasteiger partial charge < -0.3 is 10.1 Å². The third-order valence-corrected chi connectivity index (χ3v) is 5.82. The van der Waals surface area contributed by atoms with Gasteiger partial charge in [0.15, 0.2) is 0 Å². The third-order valence-electron chi connectivity index (χ3n) is 5.82. The van der Waals surface area contributed by atoms with Gasteiger partial charge in [0.25, 0.3) is 0 Å². The van der Waals surface area contributed by atoms with Crippen molar-refractivity contribution in [3.8, 4) is 5.75 Å². The maximum atomic E-state index is 11.1. The Morgan fingerprint density at radius 3 is 2.96 bits per heavy atom. The molecule has 3 heterocycles. The van der Waals surface area contributed by atoms with Crippen LogP contribution in [-0.4, -0.2) is 40.3 Å². The molecule has 1 aromatic heterocycles. The number of amides is 1. The lowest BCUT2D eigenvalue weighted by Crippen LogP contribution is -2.36. The number of nitrogens with one attached hydrogen (secondary N) is 1. The van der Waals surface area contributed by atoms with Crippen molar-refractivity contribution >= 4 is 5.91 Å². The van der Waals surface area contributed by atoms with Crippen LogP contribution in [-0.2, 0) is 17.8 Å². The number of hydrogen-bond acceptors (Lipinski definition) is 4. The van der Waals surface area contributed by atoms with Gasteiger partial charge in [-0.1, -0.05) is 12.1 Å². The smallest absolute Gasteiger partial charge is 0.217 e. The molecule has 1 N–H and O–H groups in total. The van der Waals surface area contributed by atoms with E-state index >= 15 is 0 Å². The number of ether oxygens (including phenoxy) is 1. The van der Waals surface area contributed by atoms with Crippen molar-refractivity contribution in [1.82, 2.24) is 20.0 Å². The molecular weight excluding hydrogens is 340 g/mol. The van der Waals surface area contributed by atoms with Crippen LogP contribution in [0.4, 0.5) is 0 Å². The second-order valence-corrected chi connectivity index (χ2v) is 7.65. The maximum absolute atomic E-state index is 11.1. The van der Waals surface area contributed by atoms with Gasteiger partial charge in [0.2, 0.25) is 5.91 Å². The first-order chi connectivity index (χ1) is 13.1. The lowest BCUT2D eigenvalue weighted by atomic mass is 9.99. The van der Waals surface area contributed by atoms with Crippen molar-refractivity contribution in [2.75, 3.05) is 19.7 Å². The van der Waals surface area contributed by atoms with Gasteiger partial charge >= 0.3 is 0 Å². The maximum Gasteiger partial charge on any atom is 0.217 e. The fourth-order valence-corrected chi connectivity index (χ4v) is 4.09. The molecule has 1 aromatic carbocycles. The molecule has 4 rings (SSSR count). The Bertz CT molecular complexity index is 808. The summed E-state index contributed by atoms with van der Waals surface area (Å²) in [6, 6.07) is 7.53. The van der Waals surface area contributed by atoms with E-state index in [1.165, 1.54) is 18.1 Å². The average Bonchev–Trinajstić information content (AvgIpc) is 3.34. The molecule has 6 heteroatoms. The molecule has 1 atom stereocenters. The van der Waals surface area contributed by atoms with Crippen molar-refractivity contribution in [2.45, 2.75) is 51.7 Å². The zero-order chi connectivity index (χ0) is 18.8. The topological polar surface area (TPSA) is 59.4 Å². The summed E-state index contributed by atoms with van der Waals surface area (Å²) in [5.41, 5.74) is 3.73. The number of nitrogens with zero attached hydrogens (tertiary/aromatic N) is 3. The lowest BCUT2D eigenvalue weighted by molar-refractivity contribution is -0.119. The molecule has 2 aliphatic heterocycles. The molecule has 0 bridgehead atoms. The van der Waals surface area contributed by atoms with Gasteiger partial charge in [0.05, 0.1) is 18.8 Å². The van der Waals surface area contributed by atoms with Gasteiger partial charge in [-0.25, -0.2) is 0 Å². The summed E-state index contributed by atoms with van der Waals surface area (Å²) in [5, 5.41) is 7.34. The van der Waals surface area contributed by atoms with Gasteiger partial charge in [-0.15, -0.1) is 0 Å². The molecule has 2 aromatic rings. The summed E-state index contributed by atoms with van der Waals surface area (Å²) in [4.78, 5) is 13.6. The van der Waals surface area contributed by atoms with Crippen LogP contribution in [0.25, 0.3) is 0 Å². The molecule has 0 aliphatic carbocycles. The standard InChI is InChI=1S/C21H28N4O2/c1-15(19-4-3-18-7-10-27-21(18)11-19)24-8-5-20(6-9-24)25-14-17(13-23-25)12-22-16(2)26/h3-4,11,13-15,20H,5-10,12H2,1-2H3,(H,22,26). The van der Waals surface area contributed by atoms with Crippen molar-refractivity contribution in [2.24, 2.45) is 0 Å². The summed E-state index contributed by atoms with van der Waals surface area (Å²) >= 11 is 0. The van der Waals surface area contributed by atoms with E-state index in [0.29, 0.717) is 18.6 Å². The second kappa shape index (κ2) is 7.72. The van der Waals surface area contributed by atoms with E-state index in [1.807, 2.05) is 6.20 Å². The minimum absolute atomic E-state index is 0.0120. The average molecular weight is 368 g/mol. The first-order valence-corrected chi connectivity index (χ1v) is 9.87. The van der Waals surface area contributed by atoms with Crippen LogP contribution in [0.3, 0.4) is 0 Å². The second-order valence-electron chi connectivity index (χ2n) is 7.65. The number of aromatic nitrogens is 2. The Kier molecular flexibility index (Phi) is 5.16. The Labute approximate surface area is 160 Å². The molecule has 0 spiro atoms. The summed E-state index contributed by atoms with van der Waals surface area (Å²) in [6.45, 7) is 7.30. The van der Waals surface area contributed by atoms with E-state index in [2.05, 4.69) is 51.3 Å². The minimum atomic E-state index is -0.0120. The van der Waals surface area contributed by atoms with Crippen LogP contribution >= 0.6 is 0 Å². The van der Waals surface area contributed by atoms with Gasteiger partial charge in [-0.2, -0.15) is 5.10 Å². The first kappa shape index (κ1) is 18.0. The molecule has 0 saturated carbocycles. The molecule has 0 radical (unpaired) electrons. The van der Waals surface area contributed by atoms with Gasteiger partial charge in [-0.05, 0) is 37.0 Å². The van der Waals surface area contributed by atoms with E-state index in [1.54, 1.807) is 0 Å². The number of carbonyl (C=O) groups excluding carboxylic acids is 1. The molecule has 1 amide bonds. The third kappa shape index (κ3) is 4.00. The van der Waals surface area contributed by atoms with Crippen LogP contribution in [0.1, 0.15) is 55.5 Å². The Balaban J connectivity index is 1.34. The molecule has 144 valence electrons. The number of rotatable bonds is 5. The predicted octanol–water partition coefficient (Wildman–Crippen LogP) is 2.85. The molecule has 1 unspecified atom stereocenters. The Morgan fingerprint density at radius 1 is 1.37 bits per heavy atom. The Morgan fingerprint density at radius 2 is 2.19 bits per heavy atom. The number of likely N-dealkylation sites (tertiary alicyclic amines) is 1. The summed E-state index contributed by atoms with van der Waals surface area (Å²) < 4.78 is 7.80. The highest BCUT2D eigenvalue weighted by atomic mass is 16.5. The quantitative estimate of drug-likeness (QED) is 0.882. The molecule has 1 saturated heterocycles. The largest absolute Gasteiger partial charge is 0.493 e. The Hall–Kier alpha value is -2.34. The van der Waals surface area contributed by atoms with Crippen molar-refractivity contribution in [3.05, 3.63) is 47.3 Å². The van der Waals surface area contributed by atoms with Crippen LogP contribution in [0.5, 0.6) is 5.75 Å². The SMILES string of the molecule is CC(=O)NCc1cnn(C2CCN(C(C)c3ccc4c(c3)OCC4)CC2)c1. The number of carbonyl (C=O) groups is 1. The molecule has 27 heavy (non-hydrogen) atoms. The minimum Gasteiger partial charge on any atom is -0.493 e. The van der Waals surface area contributed by atoms with Gasteiger partial charge in [0, 0.05) is 50.8 Å². The fourth-order valence-electron chi connectivity index (χ4n) is 4.09.